The molecule has 16 heavy (non-hydrogen) atoms. The van der Waals surface area contributed by atoms with Crippen molar-refractivity contribution in [3.8, 4) is 0 Å². The standard InChI is InChI=1S/C13H22N2O/c1-7-5-8(2)10(4)12(9(7)3)13(15)11(14)6-16/h5,11,13,16H,6,14-15H2,1-4H3. The maximum atomic E-state index is 9.08. The van der Waals surface area contributed by atoms with Gasteiger partial charge >= 0.3 is 0 Å². The van der Waals surface area contributed by atoms with Gasteiger partial charge in [0.25, 0.3) is 0 Å². The topological polar surface area (TPSA) is 72.3 Å². The molecular weight excluding hydrogens is 200 g/mol. The zero-order valence-electron chi connectivity index (χ0n) is 10.5. The third-order valence-corrected chi connectivity index (χ3v) is 3.43. The van der Waals surface area contributed by atoms with Crippen LogP contribution in [0.25, 0.3) is 0 Å². The monoisotopic (exact) mass is 222 g/mol. The van der Waals surface area contributed by atoms with Crippen LogP contribution in [0, 0.1) is 27.7 Å². The summed E-state index contributed by atoms with van der Waals surface area (Å²) >= 11 is 0. The fourth-order valence-electron chi connectivity index (χ4n) is 2.07. The summed E-state index contributed by atoms with van der Waals surface area (Å²) in [4.78, 5) is 0. The molecule has 0 radical (unpaired) electrons. The Labute approximate surface area is 97.5 Å². The van der Waals surface area contributed by atoms with Gasteiger partial charge in [-0.3, -0.25) is 0 Å². The summed E-state index contributed by atoms with van der Waals surface area (Å²) in [7, 11) is 0. The summed E-state index contributed by atoms with van der Waals surface area (Å²) in [5.41, 5.74) is 17.8. The third kappa shape index (κ3) is 2.26. The first kappa shape index (κ1) is 13.2. The quantitative estimate of drug-likeness (QED) is 0.720. The fraction of sp³-hybridized carbons (Fsp3) is 0.538. The Morgan fingerprint density at radius 2 is 1.50 bits per heavy atom. The normalized spacial score (nSPS) is 14.9. The first-order valence-corrected chi connectivity index (χ1v) is 5.59. The zero-order valence-corrected chi connectivity index (χ0v) is 10.5. The van der Waals surface area contributed by atoms with Gasteiger partial charge in [-0.2, -0.15) is 0 Å². The van der Waals surface area contributed by atoms with E-state index in [9.17, 15) is 0 Å². The van der Waals surface area contributed by atoms with Gasteiger partial charge in [0.15, 0.2) is 0 Å². The molecule has 2 unspecified atom stereocenters. The van der Waals surface area contributed by atoms with Crippen molar-refractivity contribution in [3.05, 3.63) is 33.9 Å². The Hall–Kier alpha value is -0.900. The summed E-state index contributed by atoms with van der Waals surface area (Å²) in [5, 5.41) is 9.08. The Morgan fingerprint density at radius 3 is 1.88 bits per heavy atom. The molecule has 1 aromatic rings. The SMILES string of the molecule is Cc1cc(C)c(C)c(C(N)C(N)CO)c1C. The second-order valence-electron chi connectivity index (χ2n) is 4.55. The van der Waals surface area contributed by atoms with E-state index < -0.39 is 6.04 Å². The smallest absolute Gasteiger partial charge is 0.0601 e. The third-order valence-electron chi connectivity index (χ3n) is 3.43. The van der Waals surface area contributed by atoms with Crippen molar-refractivity contribution in [2.24, 2.45) is 11.5 Å². The van der Waals surface area contributed by atoms with Crippen molar-refractivity contribution >= 4 is 0 Å². The van der Waals surface area contributed by atoms with E-state index in [1.165, 1.54) is 22.3 Å². The summed E-state index contributed by atoms with van der Waals surface area (Å²) in [6.45, 7) is 8.17. The molecule has 1 rings (SSSR count). The van der Waals surface area contributed by atoms with Crippen molar-refractivity contribution in [1.82, 2.24) is 0 Å². The van der Waals surface area contributed by atoms with Crippen molar-refractivity contribution in [1.29, 1.82) is 0 Å². The first-order valence-electron chi connectivity index (χ1n) is 5.59. The highest BCUT2D eigenvalue weighted by Gasteiger charge is 2.20. The van der Waals surface area contributed by atoms with E-state index in [0.717, 1.165) is 5.56 Å². The van der Waals surface area contributed by atoms with Crippen LogP contribution in [0.3, 0.4) is 0 Å². The minimum Gasteiger partial charge on any atom is -0.395 e. The summed E-state index contributed by atoms with van der Waals surface area (Å²) in [6, 6.07) is 1.45. The van der Waals surface area contributed by atoms with E-state index in [1.54, 1.807) is 0 Å². The van der Waals surface area contributed by atoms with Gasteiger partial charge in [-0.05, 0) is 55.5 Å². The van der Waals surface area contributed by atoms with Crippen LogP contribution < -0.4 is 11.5 Å². The molecule has 2 atom stereocenters. The number of nitrogens with two attached hydrogens (primary N) is 2. The number of benzene rings is 1. The maximum absolute atomic E-state index is 9.08. The predicted octanol–water partition coefficient (Wildman–Crippen LogP) is 1.24. The second-order valence-corrected chi connectivity index (χ2v) is 4.55. The maximum Gasteiger partial charge on any atom is 0.0601 e. The van der Waals surface area contributed by atoms with Crippen LogP contribution in [0.2, 0.25) is 0 Å². The number of hydrogen-bond acceptors (Lipinski definition) is 3. The van der Waals surface area contributed by atoms with Crippen molar-refractivity contribution < 1.29 is 5.11 Å². The number of rotatable bonds is 3. The van der Waals surface area contributed by atoms with Crippen LogP contribution in [0.15, 0.2) is 6.07 Å². The van der Waals surface area contributed by atoms with Gasteiger partial charge in [-0.1, -0.05) is 6.07 Å². The highest BCUT2D eigenvalue weighted by atomic mass is 16.3. The predicted molar refractivity (Wildman–Crippen MR) is 67.4 cm³/mol. The summed E-state index contributed by atoms with van der Waals surface area (Å²) in [6.07, 6.45) is 0. The molecule has 1 aromatic carbocycles. The fourth-order valence-corrected chi connectivity index (χ4v) is 2.07. The molecule has 0 saturated carbocycles. The average Bonchev–Trinajstić information content (AvgIpc) is 2.25. The van der Waals surface area contributed by atoms with Gasteiger partial charge in [-0.25, -0.2) is 0 Å². The minimum atomic E-state index is -0.404. The van der Waals surface area contributed by atoms with Gasteiger partial charge in [0.1, 0.15) is 0 Å². The number of aryl methyl sites for hydroxylation is 2. The highest BCUT2D eigenvalue weighted by molar-refractivity contribution is 5.46. The molecule has 90 valence electrons. The van der Waals surface area contributed by atoms with E-state index in [2.05, 4.69) is 33.8 Å². The van der Waals surface area contributed by atoms with Gasteiger partial charge in [-0.15, -0.1) is 0 Å². The number of aliphatic hydroxyl groups is 1. The molecule has 5 N–H and O–H groups in total. The van der Waals surface area contributed by atoms with Gasteiger partial charge < -0.3 is 16.6 Å². The Kier molecular flexibility index (Phi) is 4.08. The molecule has 0 aliphatic rings. The summed E-state index contributed by atoms with van der Waals surface area (Å²) in [5.74, 6) is 0. The van der Waals surface area contributed by atoms with Gasteiger partial charge in [0.05, 0.1) is 6.61 Å². The van der Waals surface area contributed by atoms with Crippen molar-refractivity contribution in [2.45, 2.75) is 39.8 Å². The van der Waals surface area contributed by atoms with Crippen LogP contribution >= 0.6 is 0 Å². The molecule has 0 fully saturated rings. The van der Waals surface area contributed by atoms with Crippen LogP contribution in [-0.4, -0.2) is 17.8 Å². The molecule has 0 spiro atoms. The molecular formula is C13H22N2O. The average molecular weight is 222 g/mol. The lowest BCUT2D eigenvalue weighted by atomic mass is 9.87. The molecule has 0 aliphatic heterocycles. The zero-order chi connectivity index (χ0) is 12.5. The molecule has 3 nitrogen and oxygen atoms in total. The molecule has 0 aromatic heterocycles. The molecule has 0 heterocycles. The van der Waals surface area contributed by atoms with Crippen LogP contribution in [0.1, 0.15) is 33.9 Å². The number of hydrogen-bond donors (Lipinski definition) is 3. The second kappa shape index (κ2) is 4.95. The number of aliphatic hydroxyl groups excluding tert-OH is 1. The molecule has 0 amide bonds. The Morgan fingerprint density at radius 1 is 1.06 bits per heavy atom. The lowest BCUT2D eigenvalue weighted by molar-refractivity contribution is 0.249. The van der Waals surface area contributed by atoms with Gasteiger partial charge in [0, 0.05) is 12.1 Å². The van der Waals surface area contributed by atoms with Crippen molar-refractivity contribution in [2.75, 3.05) is 6.61 Å². The van der Waals surface area contributed by atoms with E-state index in [0.29, 0.717) is 0 Å². The molecule has 0 saturated heterocycles. The van der Waals surface area contributed by atoms with Crippen LogP contribution in [0.5, 0.6) is 0 Å². The lowest BCUT2D eigenvalue weighted by Crippen LogP contribution is -2.38. The molecule has 3 heteroatoms. The minimum absolute atomic E-state index is 0.0902. The van der Waals surface area contributed by atoms with Crippen LogP contribution in [0.4, 0.5) is 0 Å². The highest BCUT2D eigenvalue weighted by Crippen LogP contribution is 2.27. The Balaban J connectivity index is 3.31. The molecule has 0 bridgehead atoms. The molecule has 0 aliphatic carbocycles. The van der Waals surface area contributed by atoms with E-state index >= 15 is 0 Å². The van der Waals surface area contributed by atoms with Crippen LogP contribution in [-0.2, 0) is 0 Å². The van der Waals surface area contributed by atoms with E-state index in [1.807, 2.05) is 0 Å². The van der Waals surface area contributed by atoms with Gasteiger partial charge in [0.2, 0.25) is 0 Å². The van der Waals surface area contributed by atoms with E-state index in [4.69, 9.17) is 16.6 Å². The lowest BCUT2D eigenvalue weighted by Gasteiger charge is -2.24. The first-order chi connectivity index (χ1) is 7.40. The van der Waals surface area contributed by atoms with E-state index in [-0.39, 0.29) is 12.6 Å². The van der Waals surface area contributed by atoms with Crippen molar-refractivity contribution in [3.63, 3.8) is 0 Å². The Bertz CT molecular complexity index is 362. The summed E-state index contributed by atoms with van der Waals surface area (Å²) < 4.78 is 0. The largest absolute Gasteiger partial charge is 0.395 e.